The Labute approximate surface area is 263 Å². The average molecular weight is 621 g/mol. The largest absolute Gasteiger partial charge is 0.506 e. The smallest absolute Gasteiger partial charge is 0.394 e. The minimum Gasteiger partial charge on any atom is -0.506 e. The first kappa shape index (κ1) is 30.3. The summed E-state index contributed by atoms with van der Waals surface area (Å²) in [5.74, 6) is -0.827. The first-order valence-electron chi connectivity index (χ1n) is 14.6. The second-order valence-corrected chi connectivity index (χ2v) is 11.0. The summed E-state index contributed by atoms with van der Waals surface area (Å²) in [6, 6.07) is 26.8. The molecule has 0 saturated carbocycles. The summed E-state index contributed by atoms with van der Waals surface area (Å²) < 4.78 is 30.9. The average Bonchev–Trinajstić information content (AvgIpc) is 3.46. The summed E-state index contributed by atoms with van der Waals surface area (Å²) >= 11 is 0. The fourth-order valence-electron chi connectivity index (χ4n) is 5.35. The topological polar surface area (TPSA) is 116 Å². The number of alkyl halides is 2. The zero-order valence-corrected chi connectivity index (χ0v) is 24.8. The number of ether oxygens (including phenoxy) is 1. The Balaban J connectivity index is 1.22. The number of pyridine rings is 1. The minimum atomic E-state index is -3.31. The Morgan fingerprint density at radius 1 is 0.957 bits per heavy atom. The van der Waals surface area contributed by atoms with Crippen molar-refractivity contribution in [2.24, 2.45) is 0 Å². The number of para-hydroxylation sites is 1. The number of phenolic OH excluding ortho intramolecular Hbond substituents is 1. The Hall–Kier alpha value is -5.77. The Kier molecular flexibility index (Phi) is 8.35. The summed E-state index contributed by atoms with van der Waals surface area (Å²) in [4.78, 5) is 34.6. The molecule has 2 heterocycles. The van der Waals surface area contributed by atoms with Gasteiger partial charge in [-0.3, -0.25) is 14.6 Å². The maximum Gasteiger partial charge on any atom is 0.394 e. The van der Waals surface area contributed by atoms with Gasteiger partial charge in [-0.2, -0.15) is 8.78 Å². The van der Waals surface area contributed by atoms with E-state index in [2.05, 4.69) is 25.3 Å². The second kappa shape index (κ2) is 12.7. The van der Waals surface area contributed by atoms with E-state index in [0.29, 0.717) is 34.7 Å². The Morgan fingerprint density at radius 2 is 1.76 bits per heavy atom. The van der Waals surface area contributed by atoms with Crippen molar-refractivity contribution >= 4 is 33.6 Å². The molecule has 1 atom stereocenters. The number of H-pyrrole nitrogens is 1. The van der Waals surface area contributed by atoms with Gasteiger partial charge in [-0.25, -0.2) is 0 Å². The third-order valence-electron chi connectivity index (χ3n) is 7.55. The molecule has 4 N–H and O–H groups in total. The van der Waals surface area contributed by atoms with Gasteiger partial charge in [-0.15, -0.1) is 0 Å². The van der Waals surface area contributed by atoms with Gasteiger partial charge in [0.25, 0.3) is 5.91 Å². The van der Waals surface area contributed by atoms with E-state index in [1.54, 1.807) is 48.7 Å². The van der Waals surface area contributed by atoms with Crippen molar-refractivity contribution < 1.29 is 28.2 Å². The summed E-state index contributed by atoms with van der Waals surface area (Å²) in [7, 11) is 0. The van der Waals surface area contributed by atoms with Crippen molar-refractivity contribution in [3.63, 3.8) is 0 Å². The van der Waals surface area contributed by atoms with Gasteiger partial charge >= 0.3 is 6.11 Å². The van der Waals surface area contributed by atoms with Gasteiger partial charge in [0.15, 0.2) is 0 Å². The van der Waals surface area contributed by atoms with Gasteiger partial charge in [-0.05, 0) is 70.8 Å². The van der Waals surface area contributed by atoms with Crippen molar-refractivity contribution in [2.75, 3.05) is 0 Å². The molecule has 0 fully saturated rings. The van der Waals surface area contributed by atoms with Gasteiger partial charge in [-0.1, -0.05) is 48.5 Å². The molecule has 10 heteroatoms. The molecule has 232 valence electrons. The number of amides is 2. The fourth-order valence-corrected chi connectivity index (χ4v) is 5.35. The van der Waals surface area contributed by atoms with Gasteiger partial charge in [0.1, 0.15) is 23.1 Å². The van der Waals surface area contributed by atoms with Crippen LogP contribution in [0.2, 0.25) is 0 Å². The molecule has 0 aliphatic carbocycles. The Morgan fingerprint density at radius 3 is 2.57 bits per heavy atom. The standard InChI is InChI=1S/C36H30F2N4O4/c1-36(37,38)46-28-13-11-22(12-14-28)20-41-35(45)31(18-27-21-40-30-10-3-2-9-29(27)30)42-34(44)25-7-4-6-23(16-25)26-17-24-8-5-15-39-33(24)32(43)19-26/h2-17,19,21,31,40,43H,18,20H2,1H3,(H,41,45)(H,42,44). The highest BCUT2D eigenvalue weighted by Gasteiger charge is 2.25. The monoisotopic (exact) mass is 620 g/mol. The van der Waals surface area contributed by atoms with E-state index in [4.69, 9.17) is 0 Å². The molecule has 0 radical (unpaired) electrons. The van der Waals surface area contributed by atoms with Crippen LogP contribution >= 0.6 is 0 Å². The van der Waals surface area contributed by atoms with Crippen LogP contribution in [0.3, 0.4) is 0 Å². The predicted molar refractivity (Wildman–Crippen MR) is 172 cm³/mol. The predicted octanol–water partition coefficient (Wildman–Crippen LogP) is 6.74. The zero-order valence-electron chi connectivity index (χ0n) is 24.8. The molecule has 0 aliphatic heterocycles. The van der Waals surface area contributed by atoms with Crippen molar-refractivity contribution in [3.05, 3.63) is 126 Å². The van der Waals surface area contributed by atoms with Crippen LogP contribution in [0.25, 0.3) is 32.9 Å². The molecule has 0 spiro atoms. The molecule has 6 rings (SSSR count). The number of benzene rings is 4. The van der Waals surface area contributed by atoms with E-state index in [-0.39, 0.29) is 24.5 Å². The van der Waals surface area contributed by atoms with Crippen LogP contribution in [-0.4, -0.2) is 39.0 Å². The van der Waals surface area contributed by atoms with Crippen molar-refractivity contribution in [2.45, 2.75) is 32.0 Å². The first-order chi connectivity index (χ1) is 22.1. The molecule has 8 nitrogen and oxygen atoms in total. The number of phenols is 1. The van der Waals surface area contributed by atoms with Crippen molar-refractivity contribution in [1.29, 1.82) is 0 Å². The van der Waals surface area contributed by atoms with Crippen LogP contribution < -0.4 is 15.4 Å². The van der Waals surface area contributed by atoms with Gasteiger partial charge in [0.05, 0.1) is 0 Å². The number of carbonyl (C=O) groups excluding carboxylic acids is 2. The molecule has 0 bridgehead atoms. The number of nitrogens with one attached hydrogen (secondary N) is 3. The maximum atomic E-state index is 13.6. The molecule has 1 unspecified atom stereocenters. The molecule has 0 saturated heterocycles. The number of aromatic amines is 1. The van der Waals surface area contributed by atoms with Crippen LogP contribution in [0, 0.1) is 0 Å². The molecule has 6 aromatic rings. The zero-order chi connectivity index (χ0) is 32.3. The highest BCUT2D eigenvalue weighted by Crippen LogP contribution is 2.31. The molecule has 2 amide bonds. The van der Waals surface area contributed by atoms with E-state index in [9.17, 15) is 23.5 Å². The number of rotatable bonds is 10. The van der Waals surface area contributed by atoms with E-state index in [1.165, 1.54) is 12.1 Å². The number of fused-ring (bicyclic) bond motifs is 2. The van der Waals surface area contributed by atoms with Crippen LogP contribution in [0.5, 0.6) is 11.5 Å². The van der Waals surface area contributed by atoms with Crippen molar-refractivity contribution in [3.8, 4) is 22.6 Å². The van der Waals surface area contributed by atoms with E-state index >= 15 is 0 Å². The normalized spacial score (nSPS) is 12.2. The number of aromatic nitrogens is 2. The van der Waals surface area contributed by atoms with Crippen molar-refractivity contribution in [1.82, 2.24) is 20.6 Å². The lowest BCUT2D eigenvalue weighted by Gasteiger charge is -2.19. The number of carbonyl (C=O) groups is 2. The van der Waals surface area contributed by atoms with E-state index < -0.39 is 24.0 Å². The van der Waals surface area contributed by atoms with E-state index in [0.717, 1.165) is 21.9 Å². The fraction of sp³-hybridized carbons (Fsp3) is 0.139. The summed E-state index contributed by atoms with van der Waals surface area (Å²) in [6.45, 7) is 0.767. The maximum absolute atomic E-state index is 13.6. The lowest BCUT2D eigenvalue weighted by atomic mass is 9.99. The number of hydrogen-bond donors (Lipinski definition) is 4. The molecular weight excluding hydrogens is 590 g/mol. The lowest BCUT2D eigenvalue weighted by molar-refractivity contribution is -0.158. The SMILES string of the molecule is CC(F)(F)Oc1ccc(CNC(=O)C(Cc2c[nH]c3ccccc23)NC(=O)c2cccc(-c3cc(O)c4ncccc4c3)c2)cc1. The molecule has 46 heavy (non-hydrogen) atoms. The first-order valence-corrected chi connectivity index (χ1v) is 14.6. The van der Waals surface area contributed by atoms with Crippen LogP contribution in [0.1, 0.15) is 28.4 Å². The third-order valence-corrected chi connectivity index (χ3v) is 7.55. The third kappa shape index (κ3) is 6.96. The number of hydrogen-bond acceptors (Lipinski definition) is 5. The Bertz CT molecular complexity index is 2040. The molecule has 0 aliphatic rings. The van der Waals surface area contributed by atoms with Crippen LogP contribution in [0.15, 0.2) is 109 Å². The quantitative estimate of drug-likeness (QED) is 0.135. The van der Waals surface area contributed by atoms with Gasteiger partial charge < -0.3 is 25.5 Å². The number of halogens is 2. The second-order valence-electron chi connectivity index (χ2n) is 11.0. The summed E-state index contributed by atoms with van der Waals surface area (Å²) in [5, 5.41) is 18.0. The lowest BCUT2D eigenvalue weighted by Crippen LogP contribution is -2.47. The minimum absolute atomic E-state index is 0.00449. The number of nitrogens with zero attached hydrogens (tertiary/aromatic N) is 1. The van der Waals surface area contributed by atoms with Gasteiger partial charge in [0, 0.05) is 54.1 Å². The molecular formula is C36H30F2N4O4. The summed E-state index contributed by atoms with van der Waals surface area (Å²) in [6.07, 6.45) is 0.335. The van der Waals surface area contributed by atoms with Gasteiger partial charge in [0.2, 0.25) is 5.91 Å². The van der Waals surface area contributed by atoms with Crippen LogP contribution in [0.4, 0.5) is 8.78 Å². The number of aromatic hydroxyl groups is 1. The van der Waals surface area contributed by atoms with E-state index in [1.807, 2.05) is 48.7 Å². The molecule has 4 aromatic carbocycles. The van der Waals surface area contributed by atoms with Crippen LogP contribution in [-0.2, 0) is 17.8 Å². The highest BCUT2D eigenvalue weighted by atomic mass is 19.3. The molecule has 2 aromatic heterocycles. The summed E-state index contributed by atoms with van der Waals surface area (Å²) in [5.41, 5.74) is 4.66. The highest BCUT2D eigenvalue weighted by molar-refractivity contribution is 5.99.